The summed E-state index contributed by atoms with van der Waals surface area (Å²) in [5, 5.41) is 15.5. The van der Waals surface area contributed by atoms with Gasteiger partial charge in [-0.25, -0.2) is 8.78 Å². The van der Waals surface area contributed by atoms with Gasteiger partial charge in [0.25, 0.3) is 0 Å². The summed E-state index contributed by atoms with van der Waals surface area (Å²) in [4.78, 5) is 0. The quantitative estimate of drug-likeness (QED) is 0.915. The Morgan fingerprint density at radius 3 is 2.53 bits per heavy atom. The summed E-state index contributed by atoms with van der Waals surface area (Å²) in [5.74, 6) is -1.43. The van der Waals surface area contributed by atoms with Crippen molar-refractivity contribution >= 4 is 0 Å². The van der Waals surface area contributed by atoms with Crippen molar-refractivity contribution in [1.82, 2.24) is 15.1 Å². The molecule has 0 unspecified atom stereocenters. The normalized spacial score (nSPS) is 10.4. The van der Waals surface area contributed by atoms with Crippen LogP contribution in [0.4, 0.5) is 8.78 Å². The van der Waals surface area contributed by atoms with Crippen molar-refractivity contribution in [3.63, 3.8) is 0 Å². The number of nitrogens with zero attached hydrogens (tertiary/aromatic N) is 3. The van der Waals surface area contributed by atoms with E-state index in [4.69, 9.17) is 5.26 Å². The largest absolute Gasteiger partial charge is 0.307 e. The molecule has 1 heterocycles. The fourth-order valence-corrected chi connectivity index (χ4v) is 1.73. The van der Waals surface area contributed by atoms with Gasteiger partial charge in [-0.05, 0) is 18.2 Å². The summed E-state index contributed by atoms with van der Waals surface area (Å²) in [6, 6.07) is 5.59. The minimum Gasteiger partial charge on any atom is -0.307 e. The minimum atomic E-state index is -0.714. The monoisotopic (exact) mass is 262 g/mol. The standard InChI is InChI=1S/C13H12F2N4/c1-19-10(2-3-18-19)7-17-8-11-12(14)4-9(6-16)5-13(11)15/h2-5,17H,7-8H2,1H3. The van der Waals surface area contributed by atoms with Crippen LogP contribution in [0.15, 0.2) is 24.4 Å². The maximum absolute atomic E-state index is 13.6. The van der Waals surface area contributed by atoms with Gasteiger partial charge in [-0.1, -0.05) is 0 Å². The van der Waals surface area contributed by atoms with Crippen LogP contribution in [0.2, 0.25) is 0 Å². The van der Waals surface area contributed by atoms with Gasteiger partial charge in [-0.2, -0.15) is 10.4 Å². The molecule has 1 N–H and O–H groups in total. The molecule has 4 nitrogen and oxygen atoms in total. The maximum atomic E-state index is 13.6. The summed E-state index contributed by atoms with van der Waals surface area (Å²) in [7, 11) is 1.79. The number of halogens is 2. The van der Waals surface area contributed by atoms with Crippen LogP contribution in [-0.2, 0) is 20.1 Å². The number of nitriles is 1. The van der Waals surface area contributed by atoms with E-state index in [0.717, 1.165) is 17.8 Å². The Balaban J connectivity index is 2.04. The van der Waals surface area contributed by atoms with Gasteiger partial charge in [-0.15, -0.1) is 0 Å². The first kappa shape index (κ1) is 13.2. The van der Waals surface area contributed by atoms with E-state index >= 15 is 0 Å². The molecule has 0 saturated heterocycles. The number of hydrogen-bond donors (Lipinski definition) is 1. The zero-order valence-corrected chi connectivity index (χ0v) is 10.3. The van der Waals surface area contributed by atoms with Gasteiger partial charge in [0.2, 0.25) is 0 Å². The van der Waals surface area contributed by atoms with E-state index in [0.29, 0.717) is 6.54 Å². The molecule has 0 spiro atoms. The lowest BCUT2D eigenvalue weighted by Crippen LogP contribution is -2.17. The van der Waals surface area contributed by atoms with Crippen molar-refractivity contribution in [3.8, 4) is 6.07 Å². The van der Waals surface area contributed by atoms with E-state index in [1.165, 1.54) is 0 Å². The Hall–Kier alpha value is -2.26. The molecule has 0 amide bonds. The Kier molecular flexibility index (Phi) is 3.88. The molecule has 1 aromatic carbocycles. The summed E-state index contributed by atoms with van der Waals surface area (Å²) in [5.41, 5.74) is 0.820. The Morgan fingerprint density at radius 2 is 2.00 bits per heavy atom. The molecule has 0 saturated carbocycles. The van der Waals surface area contributed by atoms with E-state index in [9.17, 15) is 8.78 Å². The van der Waals surface area contributed by atoms with Gasteiger partial charge in [-0.3, -0.25) is 4.68 Å². The lowest BCUT2D eigenvalue weighted by atomic mass is 10.1. The Labute approximate surface area is 109 Å². The highest BCUT2D eigenvalue weighted by Gasteiger charge is 2.11. The summed E-state index contributed by atoms with van der Waals surface area (Å²) in [6.45, 7) is 0.504. The third-order valence-corrected chi connectivity index (χ3v) is 2.80. The van der Waals surface area contributed by atoms with Crippen molar-refractivity contribution < 1.29 is 8.78 Å². The average Bonchev–Trinajstić information content (AvgIpc) is 2.78. The highest BCUT2D eigenvalue weighted by molar-refractivity contribution is 5.34. The van der Waals surface area contributed by atoms with E-state index in [1.807, 2.05) is 6.07 Å². The number of aryl methyl sites for hydroxylation is 1. The molecule has 6 heteroatoms. The van der Waals surface area contributed by atoms with Crippen LogP contribution in [0, 0.1) is 23.0 Å². The number of hydrogen-bond acceptors (Lipinski definition) is 3. The second-order valence-electron chi connectivity index (χ2n) is 4.08. The summed E-state index contributed by atoms with van der Waals surface area (Å²) in [6.07, 6.45) is 1.65. The van der Waals surface area contributed by atoms with E-state index in [2.05, 4.69) is 10.4 Å². The molecule has 0 bridgehead atoms. The molecular formula is C13H12F2N4. The molecule has 19 heavy (non-hydrogen) atoms. The predicted octanol–water partition coefficient (Wildman–Crippen LogP) is 1.86. The number of nitrogens with one attached hydrogen (secondary N) is 1. The van der Waals surface area contributed by atoms with Gasteiger partial charge in [0, 0.05) is 31.9 Å². The first-order valence-corrected chi connectivity index (χ1v) is 5.67. The zero-order valence-electron chi connectivity index (χ0n) is 10.3. The molecule has 0 aliphatic rings. The van der Waals surface area contributed by atoms with Crippen molar-refractivity contribution in [3.05, 3.63) is 52.9 Å². The van der Waals surface area contributed by atoms with Gasteiger partial charge < -0.3 is 5.32 Å². The molecule has 2 aromatic rings. The van der Waals surface area contributed by atoms with E-state index in [-0.39, 0.29) is 17.7 Å². The van der Waals surface area contributed by atoms with Crippen LogP contribution in [0.3, 0.4) is 0 Å². The molecule has 0 aliphatic heterocycles. The molecule has 0 fully saturated rings. The molecule has 1 aromatic heterocycles. The maximum Gasteiger partial charge on any atom is 0.131 e. The van der Waals surface area contributed by atoms with Crippen LogP contribution in [0.25, 0.3) is 0 Å². The van der Waals surface area contributed by atoms with E-state index < -0.39 is 11.6 Å². The molecule has 0 radical (unpaired) electrons. The number of benzene rings is 1. The second kappa shape index (κ2) is 5.59. The fraction of sp³-hybridized carbons (Fsp3) is 0.231. The smallest absolute Gasteiger partial charge is 0.131 e. The van der Waals surface area contributed by atoms with Gasteiger partial charge in [0.1, 0.15) is 11.6 Å². The minimum absolute atomic E-state index is 0.0228. The van der Waals surface area contributed by atoms with Crippen molar-refractivity contribution in [1.29, 1.82) is 5.26 Å². The van der Waals surface area contributed by atoms with Crippen molar-refractivity contribution in [2.75, 3.05) is 0 Å². The highest BCUT2D eigenvalue weighted by atomic mass is 19.1. The third kappa shape index (κ3) is 2.95. The fourth-order valence-electron chi connectivity index (χ4n) is 1.73. The van der Waals surface area contributed by atoms with Crippen LogP contribution >= 0.6 is 0 Å². The lowest BCUT2D eigenvalue weighted by Gasteiger charge is -2.08. The van der Waals surface area contributed by atoms with Gasteiger partial charge >= 0.3 is 0 Å². The molecule has 0 atom stereocenters. The third-order valence-electron chi connectivity index (χ3n) is 2.80. The van der Waals surface area contributed by atoms with E-state index in [1.54, 1.807) is 24.0 Å². The Bertz CT molecular complexity index is 605. The van der Waals surface area contributed by atoms with Crippen molar-refractivity contribution in [2.24, 2.45) is 7.05 Å². The summed E-state index contributed by atoms with van der Waals surface area (Å²) >= 11 is 0. The van der Waals surface area contributed by atoms with Crippen LogP contribution < -0.4 is 5.32 Å². The number of aromatic nitrogens is 2. The van der Waals surface area contributed by atoms with Crippen LogP contribution in [-0.4, -0.2) is 9.78 Å². The SMILES string of the molecule is Cn1nccc1CNCc1c(F)cc(C#N)cc1F. The average molecular weight is 262 g/mol. The second-order valence-corrected chi connectivity index (χ2v) is 4.08. The Morgan fingerprint density at radius 1 is 1.32 bits per heavy atom. The first-order valence-electron chi connectivity index (χ1n) is 5.67. The lowest BCUT2D eigenvalue weighted by molar-refractivity contribution is 0.529. The highest BCUT2D eigenvalue weighted by Crippen LogP contribution is 2.15. The molecule has 98 valence electrons. The summed E-state index contributed by atoms with van der Waals surface area (Å²) < 4.78 is 28.9. The zero-order chi connectivity index (χ0) is 13.8. The van der Waals surface area contributed by atoms with Crippen molar-refractivity contribution in [2.45, 2.75) is 13.1 Å². The van der Waals surface area contributed by atoms with Crippen LogP contribution in [0.1, 0.15) is 16.8 Å². The molecule has 2 rings (SSSR count). The molecular weight excluding hydrogens is 250 g/mol. The topological polar surface area (TPSA) is 53.6 Å². The van der Waals surface area contributed by atoms with Gasteiger partial charge in [0.15, 0.2) is 0 Å². The predicted molar refractivity (Wildman–Crippen MR) is 64.8 cm³/mol. The van der Waals surface area contributed by atoms with Crippen LogP contribution in [0.5, 0.6) is 0 Å². The number of rotatable bonds is 4. The van der Waals surface area contributed by atoms with Gasteiger partial charge in [0.05, 0.1) is 17.3 Å². The molecule has 0 aliphatic carbocycles. The first-order chi connectivity index (χ1) is 9.11.